The van der Waals surface area contributed by atoms with Gasteiger partial charge in [-0.25, -0.2) is 0 Å². The van der Waals surface area contributed by atoms with Gasteiger partial charge in [0.15, 0.2) is 8.32 Å². The summed E-state index contributed by atoms with van der Waals surface area (Å²) in [4.78, 5) is 4.29. The van der Waals surface area contributed by atoms with Crippen molar-refractivity contribution in [2.45, 2.75) is 52.0 Å². The van der Waals surface area contributed by atoms with E-state index in [4.69, 9.17) is 10.2 Å². The third kappa shape index (κ3) is 4.00. The maximum atomic E-state index is 6.30. The number of hydrogen-bond acceptors (Lipinski definition) is 6. The molecule has 1 aliphatic heterocycles. The summed E-state index contributed by atoms with van der Waals surface area (Å²) in [5.74, 6) is 1.25. The highest BCUT2D eigenvalue weighted by Gasteiger charge is 2.39. The molecule has 1 unspecified atom stereocenters. The molecule has 0 spiro atoms. The van der Waals surface area contributed by atoms with Gasteiger partial charge in [-0.15, -0.1) is 4.70 Å². The molecule has 2 rings (SSSR count). The summed E-state index contributed by atoms with van der Waals surface area (Å²) >= 11 is 0. The van der Waals surface area contributed by atoms with E-state index in [-0.39, 0.29) is 17.1 Å². The summed E-state index contributed by atoms with van der Waals surface area (Å²) in [6.45, 7) is 13.9. The van der Waals surface area contributed by atoms with E-state index in [0.29, 0.717) is 18.2 Å². The molecule has 0 fully saturated rings. The van der Waals surface area contributed by atoms with Crippen molar-refractivity contribution in [2.24, 2.45) is 21.5 Å². The zero-order valence-electron chi connectivity index (χ0n) is 14.8. The maximum Gasteiger partial charge on any atom is 0.286 e. The average molecular weight is 336 g/mol. The van der Waals surface area contributed by atoms with E-state index < -0.39 is 8.32 Å². The maximum absolute atomic E-state index is 6.30. The van der Waals surface area contributed by atoms with Crippen molar-refractivity contribution in [2.75, 3.05) is 12.3 Å². The Morgan fingerprint density at radius 2 is 2.04 bits per heavy atom. The van der Waals surface area contributed by atoms with Gasteiger partial charge in [0.1, 0.15) is 5.22 Å². The Bertz CT molecular complexity index is 623. The smallest absolute Gasteiger partial charge is 0.286 e. The number of nitrogen functional groups attached to an aromatic ring is 1. The van der Waals surface area contributed by atoms with Crippen LogP contribution in [0.4, 0.5) is 11.6 Å². The molecule has 1 aromatic rings. The van der Waals surface area contributed by atoms with Crippen molar-refractivity contribution in [1.82, 2.24) is 4.98 Å². The summed E-state index contributed by atoms with van der Waals surface area (Å²) < 4.78 is 8.00. The van der Waals surface area contributed by atoms with Crippen LogP contribution in [0.15, 0.2) is 33.8 Å². The van der Waals surface area contributed by atoms with Gasteiger partial charge in [0.2, 0.25) is 12.0 Å². The minimum Gasteiger partial charge on any atom is -0.416 e. The number of rotatable bonds is 5. The largest absolute Gasteiger partial charge is 0.416 e. The lowest BCUT2D eigenvalue weighted by Crippen LogP contribution is -2.43. The van der Waals surface area contributed by atoms with E-state index in [1.165, 1.54) is 0 Å². The van der Waals surface area contributed by atoms with Gasteiger partial charge in [0.05, 0.1) is 5.22 Å². The average Bonchev–Trinajstić information content (AvgIpc) is 2.93. The molecule has 1 aliphatic rings. The Morgan fingerprint density at radius 1 is 1.35 bits per heavy atom. The van der Waals surface area contributed by atoms with Crippen molar-refractivity contribution in [3.8, 4) is 0 Å². The zero-order chi connectivity index (χ0) is 17.3. The predicted octanol–water partition coefficient (Wildman–Crippen LogP) is 4.12. The number of aromatic nitrogens is 1. The Morgan fingerprint density at radius 3 is 2.65 bits per heavy atom. The highest BCUT2D eigenvalue weighted by atomic mass is 28.4. The first kappa shape index (κ1) is 17.7. The van der Waals surface area contributed by atoms with Crippen LogP contribution in [-0.2, 0) is 4.43 Å². The highest BCUT2D eigenvalue weighted by Crippen LogP contribution is 2.37. The van der Waals surface area contributed by atoms with Crippen LogP contribution in [0.25, 0.3) is 0 Å². The van der Waals surface area contributed by atoms with Gasteiger partial charge in [-0.3, -0.25) is 0 Å². The lowest BCUT2D eigenvalue weighted by Gasteiger charge is -2.37. The lowest BCUT2D eigenvalue weighted by atomic mass is 10.1. The Hall–Kier alpha value is -1.67. The van der Waals surface area contributed by atoms with Crippen LogP contribution in [-0.4, -0.2) is 30.8 Å². The SMILES string of the molecule is C[C@H](CO[Si](C)(C)C(C)(C)C)C1N=NN=[N+]1c1cccc(N)n1. The number of nitrogens with two attached hydrogens (primary N) is 1. The molecular formula is C15H27N6OSi+. The highest BCUT2D eigenvalue weighted by molar-refractivity contribution is 6.74. The second-order valence-electron chi connectivity index (χ2n) is 7.52. The molecule has 2 atom stereocenters. The molecule has 8 heteroatoms. The van der Waals surface area contributed by atoms with Crippen molar-refractivity contribution >= 4 is 20.0 Å². The van der Waals surface area contributed by atoms with Gasteiger partial charge in [-0.2, -0.15) is 0 Å². The van der Waals surface area contributed by atoms with E-state index in [9.17, 15) is 0 Å². The predicted molar refractivity (Wildman–Crippen MR) is 92.0 cm³/mol. The molecule has 0 saturated heterocycles. The Balaban J connectivity index is 2.06. The number of anilines is 1. The summed E-state index contributed by atoms with van der Waals surface area (Å²) in [5.41, 5.74) is 5.75. The van der Waals surface area contributed by atoms with E-state index in [2.05, 4.69) is 61.3 Å². The summed E-state index contributed by atoms with van der Waals surface area (Å²) in [6.07, 6.45) is -0.214. The molecule has 7 nitrogen and oxygen atoms in total. The van der Waals surface area contributed by atoms with E-state index in [1.807, 2.05) is 12.1 Å². The van der Waals surface area contributed by atoms with Crippen LogP contribution in [0.5, 0.6) is 0 Å². The van der Waals surface area contributed by atoms with Gasteiger partial charge >= 0.3 is 0 Å². The molecule has 0 radical (unpaired) electrons. The third-order valence-electron chi connectivity index (χ3n) is 4.57. The molecule has 0 amide bonds. The molecule has 1 aromatic heterocycles. The van der Waals surface area contributed by atoms with Crippen LogP contribution in [0.2, 0.25) is 18.1 Å². The fraction of sp³-hybridized carbons (Fsp3) is 0.667. The lowest BCUT2D eigenvalue weighted by molar-refractivity contribution is -0.552. The molecule has 0 saturated carbocycles. The van der Waals surface area contributed by atoms with Crippen LogP contribution in [0.3, 0.4) is 0 Å². The quantitative estimate of drug-likeness (QED) is 0.648. The van der Waals surface area contributed by atoms with Crippen LogP contribution >= 0.6 is 0 Å². The first-order chi connectivity index (χ1) is 10.6. The summed E-state index contributed by atoms with van der Waals surface area (Å²) in [7, 11) is -1.79. The molecule has 126 valence electrons. The second-order valence-corrected chi connectivity index (χ2v) is 12.3. The first-order valence-electron chi connectivity index (χ1n) is 7.88. The molecular weight excluding hydrogens is 308 g/mol. The van der Waals surface area contributed by atoms with Gasteiger partial charge in [0.25, 0.3) is 5.82 Å². The standard InChI is InChI=1S/C15H27N6OSi/c1-11(10-22-23(5,6)15(2,3)4)14-18-19-20-21(14)13-9-7-8-12(16)17-13/h7-9,11,14H,10H2,1-6H3,(H2,16,17)/q+1/t11-,14?/m1/s1. The normalized spacial score (nSPS) is 19.7. The third-order valence-corrected chi connectivity index (χ3v) is 9.07. The minimum atomic E-state index is -1.79. The number of nitrogens with zero attached hydrogens (tertiary/aromatic N) is 5. The Kier molecular flexibility index (Phi) is 4.95. The van der Waals surface area contributed by atoms with Crippen LogP contribution in [0.1, 0.15) is 27.7 Å². The molecule has 0 aromatic carbocycles. The van der Waals surface area contributed by atoms with Crippen molar-refractivity contribution < 1.29 is 9.12 Å². The van der Waals surface area contributed by atoms with Gasteiger partial charge in [-0.1, -0.05) is 38.7 Å². The topological polar surface area (TPSA) is 88.2 Å². The molecule has 2 heterocycles. The molecule has 0 bridgehead atoms. The first-order valence-corrected chi connectivity index (χ1v) is 10.8. The number of hydrogen-bond donors (Lipinski definition) is 1. The molecule has 0 aliphatic carbocycles. The summed E-state index contributed by atoms with van der Waals surface area (Å²) in [6, 6.07) is 5.44. The monoisotopic (exact) mass is 335 g/mol. The fourth-order valence-corrected chi connectivity index (χ4v) is 3.08. The molecule has 2 N–H and O–H groups in total. The zero-order valence-corrected chi connectivity index (χ0v) is 15.8. The van der Waals surface area contributed by atoms with Gasteiger partial charge < -0.3 is 10.2 Å². The van der Waals surface area contributed by atoms with Crippen LogP contribution in [0, 0.1) is 5.92 Å². The van der Waals surface area contributed by atoms with E-state index >= 15 is 0 Å². The fourth-order valence-electron chi connectivity index (χ4n) is 1.97. The summed E-state index contributed by atoms with van der Waals surface area (Å²) in [5, 5.41) is 12.3. The van der Waals surface area contributed by atoms with E-state index in [1.54, 1.807) is 10.8 Å². The van der Waals surface area contributed by atoms with Gasteiger partial charge in [-0.05, 0) is 29.3 Å². The van der Waals surface area contributed by atoms with Crippen LogP contribution < -0.4 is 5.73 Å². The Labute approximate surface area is 138 Å². The van der Waals surface area contributed by atoms with Crippen molar-refractivity contribution in [3.05, 3.63) is 18.2 Å². The van der Waals surface area contributed by atoms with Crippen molar-refractivity contribution in [1.29, 1.82) is 0 Å². The van der Waals surface area contributed by atoms with Crippen molar-refractivity contribution in [3.63, 3.8) is 0 Å². The number of pyridine rings is 1. The van der Waals surface area contributed by atoms with Gasteiger partial charge in [0, 0.05) is 18.6 Å². The van der Waals surface area contributed by atoms with E-state index in [0.717, 1.165) is 0 Å². The molecule has 23 heavy (non-hydrogen) atoms. The minimum absolute atomic E-state index is 0.141. The second kappa shape index (κ2) is 6.44.